The molecular formula is C11H16F2N2. The lowest BCUT2D eigenvalue weighted by molar-refractivity contribution is 0.108. The standard InChI is InChI=1S/C11H16F2N2/c12-8-4-3-5-9(13)11(8)15-10-6-1-2-7-14-10/h1-2,6,8-9,11,14-15H,3-5,7H2. The zero-order valence-corrected chi connectivity index (χ0v) is 8.55. The monoisotopic (exact) mass is 214 g/mol. The zero-order valence-electron chi connectivity index (χ0n) is 8.55. The molecule has 1 aliphatic carbocycles. The van der Waals surface area contributed by atoms with E-state index in [1.54, 1.807) is 6.08 Å². The summed E-state index contributed by atoms with van der Waals surface area (Å²) in [7, 11) is 0. The fourth-order valence-electron chi connectivity index (χ4n) is 2.01. The summed E-state index contributed by atoms with van der Waals surface area (Å²) in [5, 5.41) is 5.94. The molecule has 0 amide bonds. The van der Waals surface area contributed by atoms with Crippen LogP contribution in [0.1, 0.15) is 19.3 Å². The van der Waals surface area contributed by atoms with E-state index in [1.807, 2.05) is 12.2 Å². The lowest BCUT2D eigenvalue weighted by atomic mass is 9.92. The summed E-state index contributed by atoms with van der Waals surface area (Å²) in [5.74, 6) is 0.717. The molecule has 1 saturated carbocycles. The number of nitrogens with one attached hydrogen (secondary N) is 2. The molecule has 1 fully saturated rings. The molecular weight excluding hydrogens is 198 g/mol. The molecule has 2 unspecified atom stereocenters. The van der Waals surface area contributed by atoms with Crippen LogP contribution in [0.2, 0.25) is 0 Å². The summed E-state index contributed by atoms with van der Waals surface area (Å²) < 4.78 is 27.0. The first-order valence-electron chi connectivity index (χ1n) is 5.43. The Morgan fingerprint density at radius 3 is 2.60 bits per heavy atom. The predicted octanol–water partition coefficient (Wildman–Crippen LogP) is 1.81. The van der Waals surface area contributed by atoms with E-state index in [9.17, 15) is 8.78 Å². The van der Waals surface area contributed by atoms with E-state index in [-0.39, 0.29) is 0 Å². The molecule has 1 heterocycles. The summed E-state index contributed by atoms with van der Waals surface area (Å²) in [6.45, 7) is 0.708. The van der Waals surface area contributed by atoms with Gasteiger partial charge in [0.1, 0.15) is 12.3 Å². The molecule has 2 nitrogen and oxygen atoms in total. The van der Waals surface area contributed by atoms with Crippen LogP contribution in [-0.2, 0) is 0 Å². The van der Waals surface area contributed by atoms with E-state index in [2.05, 4.69) is 10.6 Å². The molecule has 4 heteroatoms. The third kappa shape index (κ3) is 2.49. The second-order valence-corrected chi connectivity index (χ2v) is 4.02. The topological polar surface area (TPSA) is 24.1 Å². The normalized spacial score (nSPS) is 35.6. The molecule has 0 aromatic rings. The SMILES string of the molecule is FC1CCCC(F)C1NC1=CC=CCN1. The number of rotatable bonds is 2. The molecule has 15 heavy (non-hydrogen) atoms. The number of alkyl halides is 2. The van der Waals surface area contributed by atoms with Gasteiger partial charge < -0.3 is 10.6 Å². The minimum absolute atomic E-state index is 0.460. The average Bonchev–Trinajstić information content (AvgIpc) is 2.25. The van der Waals surface area contributed by atoms with Gasteiger partial charge in [0, 0.05) is 6.54 Å². The highest BCUT2D eigenvalue weighted by Crippen LogP contribution is 2.24. The van der Waals surface area contributed by atoms with Crippen LogP contribution in [0.15, 0.2) is 24.0 Å². The second-order valence-electron chi connectivity index (χ2n) is 4.02. The second kappa shape index (κ2) is 4.64. The number of hydrogen-bond acceptors (Lipinski definition) is 2. The van der Waals surface area contributed by atoms with Gasteiger partial charge in [0.2, 0.25) is 0 Å². The van der Waals surface area contributed by atoms with Crippen LogP contribution >= 0.6 is 0 Å². The van der Waals surface area contributed by atoms with Crippen molar-refractivity contribution in [2.75, 3.05) is 6.54 Å². The van der Waals surface area contributed by atoms with Gasteiger partial charge in [0.25, 0.3) is 0 Å². The van der Waals surface area contributed by atoms with Gasteiger partial charge >= 0.3 is 0 Å². The first kappa shape index (κ1) is 10.5. The summed E-state index contributed by atoms with van der Waals surface area (Å²) >= 11 is 0. The molecule has 0 aromatic carbocycles. The van der Waals surface area contributed by atoms with Gasteiger partial charge in [-0.1, -0.05) is 12.2 Å². The van der Waals surface area contributed by atoms with Gasteiger partial charge in [-0.05, 0) is 25.3 Å². The van der Waals surface area contributed by atoms with Crippen molar-refractivity contribution in [2.45, 2.75) is 37.6 Å². The Balaban J connectivity index is 1.96. The molecule has 0 spiro atoms. The first-order valence-corrected chi connectivity index (χ1v) is 5.43. The van der Waals surface area contributed by atoms with Crippen LogP contribution in [-0.4, -0.2) is 24.9 Å². The molecule has 0 radical (unpaired) electrons. The average molecular weight is 214 g/mol. The fraction of sp³-hybridized carbons (Fsp3) is 0.636. The summed E-state index contributed by atoms with van der Waals surface area (Å²) in [5.41, 5.74) is 0. The largest absolute Gasteiger partial charge is 0.368 e. The Morgan fingerprint density at radius 1 is 1.27 bits per heavy atom. The summed E-state index contributed by atoms with van der Waals surface area (Å²) in [6, 6.07) is -0.691. The Kier molecular flexibility index (Phi) is 3.23. The molecule has 2 atom stereocenters. The van der Waals surface area contributed by atoms with Gasteiger partial charge in [-0.3, -0.25) is 0 Å². The van der Waals surface area contributed by atoms with Crippen molar-refractivity contribution in [1.82, 2.24) is 10.6 Å². The van der Waals surface area contributed by atoms with Crippen molar-refractivity contribution in [2.24, 2.45) is 0 Å². The van der Waals surface area contributed by atoms with E-state index < -0.39 is 18.4 Å². The number of hydrogen-bond donors (Lipinski definition) is 2. The van der Waals surface area contributed by atoms with Crippen molar-refractivity contribution in [3.05, 3.63) is 24.0 Å². The smallest absolute Gasteiger partial charge is 0.123 e. The molecule has 2 N–H and O–H groups in total. The first-order chi connectivity index (χ1) is 7.27. The lowest BCUT2D eigenvalue weighted by Crippen LogP contribution is -2.49. The van der Waals surface area contributed by atoms with E-state index in [4.69, 9.17) is 0 Å². The molecule has 84 valence electrons. The number of allylic oxidation sites excluding steroid dienone is 2. The zero-order chi connectivity index (χ0) is 10.7. The Labute approximate surface area is 88.4 Å². The Morgan fingerprint density at radius 2 is 2.00 bits per heavy atom. The summed E-state index contributed by atoms with van der Waals surface area (Å²) in [4.78, 5) is 0. The fourth-order valence-corrected chi connectivity index (χ4v) is 2.01. The molecule has 2 rings (SSSR count). The molecule has 0 saturated heterocycles. The van der Waals surface area contributed by atoms with Gasteiger partial charge in [0.15, 0.2) is 0 Å². The molecule has 2 aliphatic rings. The van der Waals surface area contributed by atoms with Crippen molar-refractivity contribution in [3.63, 3.8) is 0 Å². The third-order valence-electron chi connectivity index (χ3n) is 2.87. The maximum absolute atomic E-state index is 13.5. The molecule has 1 aliphatic heterocycles. The minimum atomic E-state index is -1.08. The highest BCUT2D eigenvalue weighted by molar-refractivity contribution is 5.16. The van der Waals surface area contributed by atoms with Gasteiger partial charge in [-0.15, -0.1) is 0 Å². The summed E-state index contributed by atoms with van der Waals surface area (Å²) in [6.07, 6.45) is 5.03. The van der Waals surface area contributed by atoms with Crippen LogP contribution in [0.5, 0.6) is 0 Å². The van der Waals surface area contributed by atoms with Crippen molar-refractivity contribution < 1.29 is 8.78 Å². The highest BCUT2D eigenvalue weighted by atomic mass is 19.1. The van der Waals surface area contributed by atoms with E-state index in [0.29, 0.717) is 25.8 Å². The number of halogens is 2. The molecule has 0 bridgehead atoms. The van der Waals surface area contributed by atoms with Crippen molar-refractivity contribution in [1.29, 1.82) is 0 Å². The van der Waals surface area contributed by atoms with Crippen LogP contribution in [0.4, 0.5) is 8.78 Å². The van der Waals surface area contributed by atoms with Gasteiger partial charge in [-0.25, -0.2) is 8.78 Å². The maximum atomic E-state index is 13.5. The van der Waals surface area contributed by atoms with E-state index in [1.165, 1.54) is 0 Å². The molecule has 0 aromatic heterocycles. The van der Waals surface area contributed by atoms with E-state index >= 15 is 0 Å². The van der Waals surface area contributed by atoms with Crippen LogP contribution in [0, 0.1) is 0 Å². The lowest BCUT2D eigenvalue weighted by Gasteiger charge is -2.32. The van der Waals surface area contributed by atoms with Crippen LogP contribution in [0.25, 0.3) is 0 Å². The third-order valence-corrected chi connectivity index (χ3v) is 2.87. The quantitative estimate of drug-likeness (QED) is 0.732. The van der Waals surface area contributed by atoms with Crippen molar-refractivity contribution >= 4 is 0 Å². The van der Waals surface area contributed by atoms with Crippen LogP contribution in [0.3, 0.4) is 0 Å². The minimum Gasteiger partial charge on any atom is -0.368 e. The number of dihydropyridines is 1. The Bertz CT molecular complexity index is 266. The van der Waals surface area contributed by atoms with E-state index in [0.717, 1.165) is 5.82 Å². The van der Waals surface area contributed by atoms with Crippen LogP contribution < -0.4 is 10.6 Å². The Hall–Kier alpha value is -1.06. The predicted molar refractivity (Wildman–Crippen MR) is 55.8 cm³/mol. The maximum Gasteiger partial charge on any atom is 0.123 e. The highest BCUT2D eigenvalue weighted by Gasteiger charge is 2.33. The van der Waals surface area contributed by atoms with Gasteiger partial charge in [0.05, 0.1) is 11.9 Å². The van der Waals surface area contributed by atoms with Gasteiger partial charge in [-0.2, -0.15) is 0 Å². The van der Waals surface area contributed by atoms with Crippen molar-refractivity contribution in [3.8, 4) is 0 Å².